The van der Waals surface area contributed by atoms with Crippen LogP contribution in [0.25, 0.3) is 0 Å². The molecule has 0 aliphatic rings. The zero-order chi connectivity index (χ0) is 12.6. The second kappa shape index (κ2) is 24.2. The fraction of sp³-hybridized carbons (Fsp3) is 0.812. The average molecular weight is 391 g/mol. The van der Waals surface area contributed by atoms with E-state index in [0.717, 1.165) is 32.5 Å². The Morgan fingerprint density at radius 2 is 1.42 bits per heavy atom. The van der Waals surface area contributed by atoms with E-state index in [4.69, 9.17) is 4.74 Å². The van der Waals surface area contributed by atoms with Gasteiger partial charge in [-0.3, -0.25) is 0 Å². The first-order valence-electron chi connectivity index (χ1n) is 7.43. The van der Waals surface area contributed by atoms with Gasteiger partial charge in [0.1, 0.15) is 0 Å². The van der Waals surface area contributed by atoms with E-state index in [1.54, 1.807) is 0 Å². The SMILES string of the molecule is [CH2-]C/C=C\CCCOCCCCCCCCC.[I-].[Mg+2]. The maximum absolute atomic E-state index is 5.59. The predicted molar refractivity (Wildman–Crippen MR) is 82.9 cm³/mol. The van der Waals surface area contributed by atoms with Crippen molar-refractivity contribution in [3.05, 3.63) is 19.1 Å². The van der Waals surface area contributed by atoms with Crippen molar-refractivity contribution in [1.29, 1.82) is 0 Å². The molecule has 0 N–H and O–H groups in total. The minimum absolute atomic E-state index is 0. The summed E-state index contributed by atoms with van der Waals surface area (Å²) < 4.78 is 5.59. The number of hydrogen-bond donors (Lipinski definition) is 0. The minimum Gasteiger partial charge on any atom is -1.00 e. The zero-order valence-corrected chi connectivity index (χ0v) is 16.4. The first-order chi connectivity index (χ1) is 8.41. The maximum Gasteiger partial charge on any atom is 2.00 e. The van der Waals surface area contributed by atoms with Gasteiger partial charge >= 0.3 is 23.1 Å². The average Bonchev–Trinajstić information content (AvgIpc) is 2.35. The summed E-state index contributed by atoms with van der Waals surface area (Å²) >= 11 is 0. The predicted octanol–water partition coefficient (Wildman–Crippen LogP) is 1.94. The number of halogens is 1. The van der Waals surface area contributed by atoms with E-state index in [1.165, 1.54) is 44.9 Å². The molecule has 0 heterocycles. The third kappa shape index (κ3) is 24.6. The molecule has 0 amide bonds. The molecular weight excluding hydrogens is 359 g/mol. The summed E-state index contributed by atoms with van der Waals surface area (Å²) in [4.78, 5) is 0. The van der Waals surface area contributed by atoms with Crippen LogP contribution < -0.4 is 24.0 Å². The van der Waals surface area contributed by atoms with Gasteiger partial charge in [0, 0.05) is 13.2 Å². The molecule has 0 aliphatic carbocycles. The van der Waals surface area contributed by atoms with Crippen molar-refractivity contribution >= 4 is 23.1 Å². The van der Waals surface area contributed by atoms with Crippen LogP contribution in [0.15, 0.2) is 12.2 Å². The van der Waals surface area contributed by atoms with Gasteiger partial charge in [-0.2, -0.15) is 6.42 Å². The monoisotopic (exact) mass is 390 g/mol. The van der Waals surface area contributed by atoms with E-state index >= 15 is 0 Å². The first kappa shape index (κ1) is 25.2. The van der Waals surface area contributed by atoms with E-state index in [0.29, 0.717) is 0 Å². The van der Waals surface area contributed by atoms with Crippen molar-refractivity contribution in [3.8, 4) is 0 Å². The Hall–Kier alpha value is 1.20. The van der Waals surface area contributed by atoms with E-state index in [9.17, 15) is 0 Å². The number of allylic oxidation sites excluding steroid dienone is 2. The fourth-order valence-corrected chi connectivity index (χ4v) is 1.80. The summed E-state index contributed by atoms with van der Waals surface area (Å²) in [5, 5.41) is 0. The molecule has 0 rings (SSSR count). The van der Waals surface area contributed by atoms with Gasteiger partial charge in [-0.1, -0.05) is 51.5 Å². The van der Waals surface area contributed by atoms with Crippen molar-refractivity contribution in [2.75, 3.05) is 13.2 Å². The Morgan fingerprint density at radius 3 is 2.05 bits per heavy atom. The summed E-state index contributed by atoms with van der Waals surface area (Å²) in [6, 6.07) is 0. The van der Waals surface area contributed by atoms with Gasteiger partial charge in [0.05, 0.1) is 0 Å². The molecular formula is C16H31IMgO. The Labute approximate surface area is 154 Å². The molecule has 3 heteroatoms. The van der Waals surface area contributed by atoms with Gasteiger partial charge < -0.3 is 35.6 Å². The van der Waals surface area contributed by atoms with Crippen LogP contribution >= 0.6 is 0 Å². The van der Waals surface area contributed by atoms with E-state index < -0.39 is 0 Å². The molecule has 0 spiro atoms. The molecule has 0 aliphatic heterocycles. The molecule has 0 unspecified atom stereocenters. The van der Waals surface area contributed by atoms with Crippen LogP contribution in [-0.2, 0) is 4.74 Å². The van der Waals surface area contributed by atoms with Gasteiger partial charge in [0.15, 0.2) is 0 Å². The summed E-state index contributed by atoms with van der Waals surface area (Å²) in [7, 11) is 0. The van der Waals surface area contributed by atoms with E-state index in [2.05, 4.69) is 26.0 Å². The number of rotatable bonds is 13. The second-order valence-electron chi connectivity index (χ2n) is 4.64. The largest absolute Gasteiger partial charge is 2.00 e. The summed E-state index contributed by atoms with van der Waals surface area (Å²) in [5.74, 6) is 0. The van der Waals surface area contributed by atoms with Gasteiger partial charge in [-0.15, -0.1) is 6.08 Å². The second-order valence-corrected chi connectivity index (χ2v) is 4.64. The number of unbranched alkanes of at least 4 members (excludes halogenated alkanes) is 7. The Morgan fingerprint density at radius 1 is 0.842 bits per heavy atom. The molecule has 0 saturated heterocycles. The molecule has 19 heavy (non-hydrogen) atoms. The molecule has 0 aromatic carbocycles. The molecule has 0 bridgehead atoms. The quantitative estimate of drug-likeness (QED) is 0.154. The maximum atomic E-state index is 5.59. The molecule has 0 saturated carbocycles. The first-order valence-corrected chi connectivity index (χ1v) is 7.43. The van der Waals surface area contributed by atoms with Crippen LogP contribution in [0.1, 0.15) is 71.1 Å². The van der Waals surface area contributed by atoms with Crippen LogP contribution in [0.2, 0.25) is 0 Å². The van der Waals surface area contributed by atoms with Crippen LogP contribution in [0.3, 0.4) is 0 Å². The summed E-state index contributed by atoms with van der Waals surface area (Å²) in [6.45, 7) is 7.89. The van der Waals surface area contributed by atoms with Crippen LogP contribution in [-0.4, -0.2) is 36.3 Å². The molecule has 110 valence electrons. The van der Waals surface area contributed by atoms with Crippen LogP contribution in [0.4, 0.5) is 0 Å². The van der Waals surface area contributed by atoms with E-state index in [-0.39, 0.29) is 47.0 Å². The topological polar surface area (TPSA) is 9.23 Å². The molecule has 0 radical (unpaired) electrons. The van der Waals surface area contributed by atoms with E-state index in [1.807, 2.05) is 0 Å². The smallest absolute Gasteiger partial charge is 1.00 e. The Balaban J connectivity index is -0.00000128. The van der Waals surface area contributed by atoms with Crippen molar-refractivity contribution in [1.82, 2.24) is 0 Å². The zero-order valence-electron chi connectivity index (χ0n) is 12.8. The Bertz CT molecular complexity index is 163. The standard InChI is InChI=1S/C16H31O.HI.Mg/c1-3-5-7-9-10-12-14-16-17-15-13-11-8-6-4-2;;/h6,8H,2-5,7,9-16H2,1H3;1H;/q-1;;+2/p-1/b8-6-;;. The summed E-state index contributed by atoms with van der Waals surface area (Å²) in [5.41, 5.74) is 0. The van der Waals surface area contributed by atoms with Gasteiger partial charge in [0.2, 0.25) is 0 Å². The molecule has 0 aromatic heterocycles. The fourth-order valence-electron chi connectivity index (χ4n) is 1.80. The normalized spacial score (nSPS) is 10.2. The third-order valence-electron chi connectivity index (χ3n) is 2.89. The van der Waals surface area contributed by atoms with Gasteiger partial charge in [-0.25, -0.2) is 0 Å². The number of hydrogen-bond acceptors (Lipinski definition) is 1. The molecule has 0 atom stereocenters. The molecule has 1 nitrogen and oxygen atoms in total. The van der Waals surface area contributed by atoms with Crippen molar-refractivity contribution in [2.45, 2.75) is 71.1 Å². The van der Waals surface area contributed by atoms with Crippen molar-refractivity contribution in [3.63, 3.8) is 0 Å². The van der Waals surface area contributed by atoms with Crippen molar-refractivity contribution < 1.29 is 28.7 Å². The van der Waals surface area contributed by atoms with Crippen LogP contribution in [0, 0.1) is 6.92 Å². The van der Waals surface area contributed by atoms with Gasteiger partial charge in [0.25, 0.3) is 0 Å². The minimum atomic E-state index is 0. The Kier molecular flexibility index (Phi) is 32.1. The third-order valence-corrected chi connectivity index (χ3v) is 2.89. The van der Waals surface area contributed by atoms with Gasteiger partial charge in [-0.05, 0) is 19.3 Å². The molecule has 0 aromatic rings. The number of ether oxygens (including phenoxy) is 1. The summed E-state index contributed by atoms with van der Waals surface area (Å²) in [6.07, 6.45) is 17.0. The molecule has 0 fully saturated rings. The van der Waals surface area contributed by atoms with Crippen molar-refractivity contribution in [2.24, 2.45) is 0 Å². The van der Waals surface area contributed by atoms with Crippen LogP contribution in [0.5, 0.6) is 0 Å².